The number of fused-ring (bicyclic) bond motifs is 4. The number of carbonyl (C=O) groups excluding carboxylic acids is 1. The zero-order valence-corrected chi connectivity index (χ0v) is 43.5. The molecule has 11 rings (SSSR count). The monoisotopic (exact) mass is 954 g/mol. The maximum absolute atomic E-state index is 12.6. The maximum Gasteiger partial charge on any atom is 0.170 e. The van der Waals surface area contributed by atoms with Gasteiger partial charge in [-0.2, -0.15) is 0 Å². The Morgan fingerprint density at radius 2 is 0.754 bits per heavy atom. The highest BCUT2D eigenvalue weighted by Gasteiger charge is 2.57. The molecule has 0 bridgehead atoms. The molecular formula is C62H68O5P2. The molecule has 3 aliphatic heterocycles. The van der Waals surface area contributed by atoms with Gasteiger partial charge >= 0.3 is 0 Å². The molecule has 3 fully saturated rings. The third-order valence-electron chi connectivity index (χ3n) is 14.4. The third-order valence-corrected chi connectivity index (χ3v) is 21.6. The lowest BCUT2D eigenvalue weighted by Gasteiger charge is -2.55. The first-order valence-corrected chi connectivity index (χ1v) is 27.3. The van der Waals surface area contributed by atoms with Crippen LogP contribution in [0.1, 0.15) is 81.1 Å². The van der Waals surface area contributed by atoms with Crippen LogP contribution in [0.3, 0.4) is 0 Å². The summed E-state index contributed by atoms with van der Waals surface area (Å²) in [5.74, 6) is -0.0243. The number of benzene rings is 8. The Kier molecular flexibility index (Phi) is 13.8. The first-order chi connectivity index (χ1) is 33.0. The molecule has 3 heterocycles. The normalized spacial score (nSPS) is 19.3. The Bertz CT molecular complexity index is 3110. The molecule has 3 aliphatic rings. The van der Waals surface area contributed by atoms with Crippen LogP contribution in [0.15, 0.2) is 158 Å². The smallest absolute Gasteiger partial charge is 0.170 e. The standard InChI is InChI=1S/C31H33O2P.C29H29OP.C2H6O2/c1-29(2)20-31(32-18-19-33-31)21-30(3,4)34(29)27-17-16-23-11-6-8-14-25(23)28(27)26-15-9-12-22-10-5-7-13-24(22)26;1-28(2)18-22(30)19-29(3,4)31(28)26-17-16-21-11-6-8-14-24(21)27(26)25-15-9-12-20-10-5-7-13-23(20)25;3-1-2-4/h5-17H,18-21H2,1-4H3;5-17H,18-19H2,1-4H3;3-4H,1-2H2. The van der Waals surface area contributed by atoms with Crippen LogP contribution in [0.25, 0.3) is 65.3 Å². The van der Waals surface area contributed by atoms with E-state index in [1.807, 2.05) is 0 Å². The molecule has 0 saturated carbocycles. The minimum atomic E-state index is -0.574. The lowest BCUT2D eigenvalue weighted by Crippen LogP contribution is -2.52. The van der Waals surface area contributed by atoms with Gasteiger partial charge in [0, 0.05) is 25.7 Å². The van der Waals surface area contributed by atoms with E-state index in [4.69, 9.17) is 19.7 Å². The summed E-state index contributed by atoms with van der Waals surface area (Å²) in [6.07, 6.45) is 3.22. The third kappa shape index (κ3) is 9.57. The molecule has 8 aromatic carbocycles. The Morgan fingerprint density at radius 1 is 0.420 bits per heavy atom. The van der Waals surface area contributed by atoms with Crippen LogP contribution in [-0.4, -0.2) is 68.8 Å². The van der Waals surface area contributed by atoms with E-state index in [-0.39, 0.29) is 33.8 Å². The van der Waals surface area contributed by atoms with Gasteiger partial charge in [-0.05, 0) is 96.6 Å². The molecule has 0 atom stereocenters. The lowest BCUT2D eigenvalue weighted by atomic mass is 9.91. The summed E-state index contributed by atoms with van der Waals surface area (Å²) in [5, 5.41) is 28.7. The number of aliphatic hydroxyl groups excluding tert-OH is 2. The number of rotatable bonds is 5. The molecule has 2 N–H and O–H groups in total. The van der Waals surface area contributed by atoms with Gasteiger partial charge in [-0.1, -0.05) is 229 Å². The summed E-state index contributed by atoms with van der Waals surface area (Å²) in [7, 11) is -1.10. The number of aliphatic hydroxyl groups is 2. The summed E-state index contributed by atoms with van der Waals surface area (Å²) in [4.78, 5) is 12.6. The highest BCUT2D eigenvalue weighted by Crippen LogP contribution is 2.69. The fourth-order valence-corrected chi connectivity index (χ4v) is 21.4. The fourth-order valence-electron chi connectivity index (χ4n) is 12.7. The molecule has 0 unspecified atom stereocenters. The van der Waals surface area contributed by atoms with E-state index in [0.717, 1.165) is 12.8 Å². The van der Waals surface area contributed by atoms with E-state index in [1.54, 1.807) is 0 Å². The van der Waals surface area contributed by atoms with Crippen molar-refractivity contribution in [1.29, 1.82) is 0 Å². The van der Waals surface area contributed by atoms with E-state index in [0.29, 0.717) is 31.8 Å². The zero-order chi connectivity index (χ0) is 48.8. The number of Topliss-reactive ketones (excluding diaryl/α,β-unsaturated/α-hetero) is 1. The van der Waals surface area contributed by atoms with Crippen molar-refractivity contribution < 1.29 is 24.5 Å². The molecule has 3 saturated heterocycles. The second-order valence-electron chi connectivity index (χ2n) is 21.6. The second kappa shape index (κ2) is 19.4. The molecule has 356 valence electrons. The molecule has 7 heteroatoms. The van der Waals surface area contributed by atoms with Crippen molar-refractivity contribution in [2.24, 2.45) is 0 Å². The Balaban J connectivity index is 0.000000160. The maximum atomic E-state index is 12.6. The van der Waals surface area contributed by atoms with Gasteiger partial charge in [-0.3, -0.25) is 4.79 Å². The summed E-state index contributed by atoms with van der Waals surface area (Å²) in [6.45, 7) is 20.1. The number of ketones is 1. The van der Waals surface area contributed by atoms with E-state index >= 15 is 0 Å². The van der Waals surface area contributed by atoms with Gasteiger partial charge in [0.25, 0.3) is 0 Å². The molecule has 0 aliphatic carbocycles. The van der Waals surface area contributed by atoms with Crippen molar-refractivity contribution >= 4 is 75.3 Å². The predicted octanol–water partition coefficient (Wildman–Crippen LogP) is 14.5. The van der Waals surface area contributed by atoms with Gasteiger partial charge in [0.2, 0.25) is 0 Å². The number of hydrogen-bond acceptors (Lipinski definition) is 5. The van der Waals surface area contributed by atoms with Crippen molar-refractivity contribution in [3.63, 3.8) is 0 Å². The largest absolute Gasteiger partial charge is 0.394 e. The van der Waals surface area contributed by atoms with E-state index in [2.05, 4.69) is 213 Å². The van der Waals surface area contributed by atoms with Crippen molar-refractivity contribution in [2.45, 2.75) is 107 Å². The molecule has 0 radical (unpaired) electrons. The van der Waals surface area contributed by atoms with E-state index in [1.165, 1.54) is 76.0 Å². The van der Waals surface area contributed by atoms with Gasteiger partial charge in [0.05, 0.1) is 26.4 Å². The Hall–Kier alpha value is -4.83. The van der Waals surface area contributed by atoms with Crippen molar-refractivity contribution in [3.8, 4) is 22.3 Å². The summed E-state index contributed by atoms with van der Waals surface area (Å²) >= 11 is 0. The summed E-state index contributed by atoms with van der Waals surface area (Å²) in [6, 6.07) is 57.9. The van der Waals surface area contributed by atoms with Crippen molar-refractivity contribution in [1.82, 2.24) is 0 Å². The molecule has 1 spiro atoms. The fraction of sp³-hybridized carbons (Fsp3) is 0.339. The quantitative estimate of drug-likeness (QED) is 0.168. The van der Waals surface area contributed by atoms with Crippen LogP contribution in [0, 0.1) is 0 Å². The molecular weight excluding hydrogens is 887 g/mol. The summed E-state index contributed by atoms with van der Waals surface area (Å²) in [5.41, 5.74) is 5.41. The minimum absolute atomic E-state index is 0.0318. The van der Waals surface area contributed by atoms with Crippen LogP contribution in [-0.2, 0) is 14.3 Å². The van der Waals surface area contributed by atoms with Gasteiger partial charge in [0.1, 0.15) is 5.78 Å². The molecule has 0 amide bonds. The average molecular weight is 955 g/mol. The van der Waals surface area contributed by atoms with Gasteiger partial charge < -0.3 is 19.7 Å². The summed E-state index contributed by atoms with van der Waals surface area (Å²) < 4.78 is 12.5. The topological polar surface area (TPSA) is 76.0 Å². The molecule has 69 heavy (non-hydrogen) atoms. The van der Waals surface area contributed by atoms with Crippen LogP contribution < -0.4 is 10.6 Å². The van der Waals surface area contributed by atoms with Crippen molar-refractivity contribution in [2.75, 3.05) is 26.4 Å². The second-order valence-corrected chi connectivity index (χ2v) is 28.8. The van der Waals surface area contributed by atoms with Crippen LogP contribution in [0.4, 0.5) is 0 Å². The van der Waals surface area contributed by atoms with Gasteiger partial charge in [0.15, 0.2) is 5.79 Å². The van der Waals surface area contributed by atoms with Gasteiger partial charge in [-0.15, -0.1) is 0 Å². The predicted molar refractivity (Wildman–Crippen MR) is 295 cm³/mol. The Labute approximate surface area is 411 Å². The first-order valence-electron chi connectivity index (χ1n) is 24.6. The van der Waals surface area contributed by atoms with E-state index in [9.17, 15) is 4.79 Å². The Morgan fingerprint density at radius 3 is 1.14 bits per heavy atom. The molecule has 0 aromatic heterocycles. The number of ether oxygens (including phenoxy) is 2. The minimum Gasteiger partial charge on any atom is -0.394 e. The molecule has 8 aromatic rings. The number of hydrogen-bond donors (Lipinski definition) is 2. The number of carbonyl (C=O) groups is 1. The van der Waals surface area contributed by atoms with Crippen LogP contribution >= 0.6 is 15.8 Å². The average Bonchev–Trinajstić information content (AvgIpc) is 3.75. The molecule has 5 nitrogen and oxygen atoms in total. The van der Waals surface area contributed by atoms with E-state index < -0.39 is 21.6 Å². The zero-order valence-electron chi connectivity index (χ0n) is 41.7. The SMILES string of the molecule is CC1(C)CC(=O)CC(C)(C)P1c1ccc2ccccc2c1-c1cccc2ccccc12.CC1(C)CC2(CC(C)(C)P1c1ccc3ccccc3c1-c1cccc3ccccc13)OCCO2.OCCO. The van der Waals surface area contributed by atoms with Crippen LogP contribution in [0.2, 0.25) is 0 Å². The van der Waals surface area contributed by atoms with Crippen molar-refractivity contribution in [3.05, 3.63) is 158 Å². The highest BCUT2D eigenvalue weighted by molar-refractivity contribution is 7.69. The first kappa shape index (κ1) is 49.2. The highest BCUT2D eigenvalue weighted by atomic mass is 31.1. The van der Waals surface area contributed by atoms with Crippen LogP contribution in [0.5, 0.6) is 0 Å². The van der Waals surface area contributed by atoms with Gasteiger partial charge in [-0.25, -0.2) is 0 Å². The lowest BCUT2D eigenvalue weighted by molar-refractivity contribution is -0.178.